The van der Waals surface area contributed by atoms with Gasteiger partial charge in [0.2, 0.25) is 5.91 Å². The molecule has 0 heterocycles. The van der Waals surface area contributed by atoms with Crippen LogP contribution in [0.25, 0.3) is 0 Å². The van der Waals surface area contributed by atoms with Gasteiger partial charge in [0.05, 0.1) is 9.85 Å². The number of hydrogen-bond donors (Lipinski definition) is 2. The van der Waals surface area contributed by atoms with Crippen molar-refractivity contribution in [2.45, 2.75) is 19.5 Å². The molecule has 0 saturated heterocycles. The molecule has 2 aromatic carbocycles. The summed E-state index contributed by atoms with van der Waals surface area (Å²) in [5, 5.41) is 26.4. The summed E-state index contributed by atoms with van der Waals surface area (Å²) in [4.78, 5) is 44.5. The highest BCUT2D eigenvalue weighted by atomic mass is 16.6. The Labute approximate surface area is 153 Å². The molecule has 0 aromatic heterocycles. The molecule has 0 spiro atoms. The van der Waals surface area contributed by atoms with Crippen molar-refractivity contribution in [1.82, 2.24) is 10.6 Å². The molecule has 0 saturated carbocycles. The smallest absolute Gasteiger partial charge is 0.270 e. The standard InChI is InChI=1S/C17H16N4O6/c1-11(19-17(23)13-3-2-4-15(9-13)21(26)27)16(22)18-10-12-5-7-14(8-6-12)20(24)25/h2-9,11H,10H2,1H3,(H,18,22)(H,19,23). The van der Waals surface area contributed by atoms with Crippen molar-refractivity contribution in [2.24, 2.45) is 0 Å². The van der Waals surface area contributed by atoms with Gasteiger partial charge in [-0.15, -0.1) is 0 Å². The van der Waals surface area contributed by atoms with Crippen LogP contribution in [0.1, 0.15) is 22.8 Å². The molecule has 0 aliphatic heterocycles. The molecule has 10 heteroatoms. The van der Waals surface area contributed by atoms with Crippen molar-refractivity contribution in [3.8, 4) is 0 Å². The Morgan fingerprint density at radius 3 is 2.22 bits per heavy atom. The van der Waals surface area contributed by atoms with E-state index < -0.39 is 27.7 Å². The van der Waals surface area contributed by atoms with Crippen LogP contribution in [-0.2, 0) is 11.3 Å². The highest BCUT2D eigenvalue weighted by Crippen LogP contribution is 2.13. The minimum atomic E-state index is -0.880. The van der Waals surface area contributed by atoms with Gasteiger partial charge in [0.1, 0.15) is 6.04 Å². The molecule has 1 unspecified atom stereocenters. The van der Waals surface area contributed by atoms with Gasteiger partial charge < -0.3 is 10.6 Å². The molecule has 140 valence electrons. The third kappa shape index (κ3) is 5.33. The van der Waals surface area contributed by atoms with Gasteiger partial charge >= 0.3 is 0 Å². The van der Waals surface area contributed by atoms with Gasteiger partial charge in [-0.1, -0.05) is 18.2 Å². The van der Waals surface area contributed by atoms with E-state index in [0.29, 0.717) is 5.56 Å². The first-order valence-corrected chi connectivity index (χ1v) is 7.84. The Morgan fingerprint density at radius 2 is 1.63 bits per heavy atom. The summed E-state index contributed by atoms with van der Waals surface area (Å²) in [5.74, 6) is -1.08. The zero-order valence-corrected chi connectivity index (χ0v) is 14.2. The van der Waals surface area contributed by atoms with Crippen molar-refractivity contribution in [3.05, 3.63) is 79.9 Å². The van der Waals surface area contributed by atoms with Crippen LogP contribution in [0.15, 0.2) is 48.5 Å². The topological polar surface area (TPSA) is 144 Å². The number of nitrogens with zero attached hydrogens (tertiary/aromatic N) is 2. The molecule has 0 aliphatic carbocycles. The van der Waals surface area contributed by atoms with E-state index in [1.165, 1.54) is 49.4 Å². The first-order valence-electron chi connectivity index (χ1n) is 7.84. The van der Waals surface area contributed by atoms with Gasteiger partial charge in [-0.3, -0.25) is 29.8 Å². The van der Waals surface area contributed by atoms with Gasteiger partial charge in [-0.2, -0.15) is 0 Å². The van der Waals surface area contributed by atoms with Crippen molar-refractivity contribution >= 4 is 23.2 Å². The summed E-state index contributed by atoms with van der Waals surface area (Å²) in [5.41, 5.74) is 0.450. The third-order valence-electron chi connectivity index (χ3n) is 3.67. The number of non-ortho nitro benzene ring substituents is 2. The lowest BCUT2D eigenvalue weighted by molar-refractivity contribution is -0.385. The minimum Gasteiger partial charge on any atom is -0.350 e. The van der Waals surface area contributed by atoms with E-state index in [4.69, 9.17) is 0 Å². The number of carbonyl (C=O) groups is 2. The average Bonchev–Trinajstić information content (AvgIpc) is 2.66. The number of nitro groups is 2. The largest absolute Gasteiger partial charge is 0.350 e. The Kier molecular flexibility index (Phi) is 6.15. The molecule has 0 aliphatic rings. The first kappa shape index (κ1) is 19.5. The minimum absolute atomic E-state index is 0.0531. The zero-order valence-electron chi connectivity index (χ0n) is 14.2. The summed E-state index contributed by atoms with van der Waals surface area (Å²) in [7, 11) is 0. The second-order valence-corrected chi connectivity index (χ2v) is 5.64. The molecule has 2 N–H and O–H groups in total. The number of carbonyl (C=O) groups excluding carboxylic acids is 2. The molecular weight excluding hydrogens is 356 g/mol. The number of nitrogens with one attached hydrogen (secondary N) is 2. The van der Waals surface area contributed by atoms with Crippen LogP contribution in [0.4, 0.5) is 11.4 Å². The summed E-state index contributed by atoms with van der Waals surface area (Å²) < 4.78 is 0. The lowest BCUT2D eigenvalue weighted by Crippen LogP contribution is -2.44. The highest BCUT2D eigenvalue weighted by molar-refractivity contribution is 5.97. The maximum absolute atomic E-state index is 12.1. The molecule has 0 bridgehead atoms. The van der Waals surface area contributed by atoms with Crippen LogP contribution in [0.5, 0.6) is 0 Å². The van der Waals surface area contributed by atoms with Crippen molar-refractivity contribution in [3.63, 3.8) is 0 Å². The molecule has 2 aromatic rings. The summed E-state index contributed by atoms with van der Waals surface area (Å²) in [6.07, 6.45) is 0. The second-order valence-electron chi connectivity index (χ2n) is 5.64. The SMILES string of the molecule is CC(NC(=O)c1cccc([N+](=O)[O-])c1)C(=O)NCc1ccc([N+](=O)[O-])cc1. The zero-order chi connectivity index (χ0) is 20.0. The van der Waals surface area contributed by atoms with E-state index in [1.807, 2.05) is 0 Å². The van der Waals surface area contributed by atoms with E-state index in [-0.39, 0.29) is 23.5 Å². The maximum Gasteiger partial charge on any atom is 0.270 e. The van der Waals surface area contributed by atoms with Crippen LogP contribution < -0.4 is 10.6 Å². The van der Waals surface area contributed by atoms with Crippen molar-refractivity contribution in [2.75, 3.05) is 0 Å². The van der Waals surface area contributed by atoms with E-state index in [2.05, 4.69) is 10.6 Å². The Morgan fingerprint density at radius 1 is 1.00 bits per heavy atom. The van der Waals surface area contributed by atoms with E-state index in [1.54, 1.807) is 0 Å². The predicted octanol–water partition coefficient (Wildman–Crippen LogP) is 1.94. The maximum atomic E-state index is 12.1. The number of amides is 2. The van der Waals surface area contributed by atoms with Crippen LogP contribution in [0.2, 0.25) is 0 Å². The van der Waals surface area contributed by atoms with E-state index in [0.717, 1.165) is 6.07 Å². The molecule has 1 atom stereocenters. The number of benzene rings is 2. The monoisotopic (exact) mass is 372 g/mol. The molecular formula is C17H16N4O6. The van der Waals surface area contributed by atoms with Gasteiger partial charge in [0.15, 0.2) is 0 Å². The predicted molar refractivity (Wildman–Crippen MR) is 95.0 cm³/mol. The Hall–Kier alpha value is -3.82. The number of hydrogen-bond acceptors (Lipinski definition) is 6. The number of rotatable bonds is 7. The van der Waals surface area contributed by atoms with Gasteiger partial charge in [-0.25, -0.2) is 0 Å². The van der Waals surface area contributed by atoms with E-state index in [9.17, 15) is 29.8 Å². The van der Waals surface area contributed by atoms with Crippen LogP contribution in [0.3, 0.4) is 0 Å². The summed E-state index contributed by atoms with van der Waals surface area (Å²) in [6, 6.07) is 9.98. The van der Waals surface area contributed by atoms with Crippen molar-refractivity contribution < 1.29 is 19.4 Å². The van der Waals surface area contributed by atoms with Gasteiger partial charge in [-0.05, 0) is 18.6 Å². The number of nitro benzene ring substituents is 2. The van der Waals surface area contributed by atoms with Gasteiger partial charge in [0.25, 0.3) is 17.3 Å². The molecule has 0 fully saturated rings. The quantitative estimate of drug-likeness (QED) is 0.561. The fourth-order valence-corrected chi connectivity index (χ4v) is 2.18. The van der Waals surface area contributed by atoms with Crippen LogP contribution >= 0.6 is 0 Å². The molecule has 2 rings (SSSR count). The van der Waals surface area contributed by atoms with Gasteiger partial charge in [0, 0.05) is 36.4 Å². The molecule has 2 amide bonds. The fraction of sp³-hybridized carbons (Fsp3) is 0.176. The lowest BCUT2D eigenvalue weighted by atomic mass is 10.1. The normalized spacial score (nSPS) is 11.3. The second kappa shape index (κ2) is 8.52. The molecule has 27 heavy (non-hydrogen) atoms. The van der Waals surface area contributed by atoms with Crippen LogP contribution in [-0.4, -0.2) is 27.7 Å². The van der Waals surface area contributed by atoms with Crippen molar-refractivity contribution in [1.29, 1.82) is 0 Å². The third-order valence-corrected chi connectivity index (χ3v) is 3.67. The lowest BCUT2D eigenvalue weighted by Gasteiger charge is -2.14. The first-order chi connectivity index (χ1) is 12.8. The fourth-order valence-electron chi connectivity index (χ4n) is 2.18. The summed E-state index contributed by atoms with van der Waals surface area (Å²) in [6.45, 7) is 1.61. The molecule has 10 nitrogen and oxygen atoms in total. The van der Waals surface area contributed by atoms with E-state index >= 15 is 0 Å². The summed E-state index contributed by atoms with van der Waals surface area (Å²) >= 11 is 0. The Balaban J connectivity index is 1.91. The molecule has 0 radical (unpaired) electrons. The highest BCUT2D eigenvalue weighted by Gasteiger charge is 2.18. The average molecular weight is 372 g/mol. The van der Waals surface area contributed by atoms with Crippen LogP contribution in [0, 0.1) is 20.2 Å². The Bertz CT molecular complexity index is 881.